The second-order valence-electron chi connectivity index (χ2n) is 5.88. The summed E-state index contributed by atoms with van der Waals surface area (Å²) in [6, 6.07) is 5.23. The van der Waals surface area contributed by atoms with Crippen LogP contribution in [0.15, 0.2) is 18.2 Å². The van der Waals surface area contributed by atoms with Gasteiger partial charge in [-0.1, -0.05) is 51.3 Å². The highest BCUT2D eigenvalue weighted by molar-refractivity contribution is 6.31. The smallest absolute Gasteiger partial charge is 0.127 e. The third-order valence-electron chi connectivity index (χ3n) is 3.53. The Morgan fingerprint density at radius 3 is 2.60 bits per heavy atom. The lowest BCUT2D eigenvalue weighted by Crippen LogP contribution is -2.32. The number of rotatable bonds is 9. The SMILES string of the molecule is CCCNC(CCCC(C)C)Cc1c(F)cccc1Cl. The molecule has 0 aliphatic carbocycles. The van der Waals surface area contributed by atoms with Crippen molar-refractivity contribution in [2.24, 2.45) is 5.92 Å². The van der Waals surface area contributed by atoms with Gasteiger partial charge in [-0.05, 0) is 43.9 Å². The van der Waals surface area contributed by atoms with E-state index in [4.69, 9.17) is 11.6 Å². The fraction of sp³-hybridized carbons (Fsp3) is 0.647. The summed E-state index contributed by atoms with van der Waals surface area (Å²) in [6.07, 6.45) is 5.22. The highest BCUT2D eigenvalue weighted by atomic mass is 35.5. The Bertz CT molecular complexity index is 372. The van der Waals surface area contributed by atoms with Crippen molar-refractivity contribution in [1.29, 1.82) is 0 Å². The molecule has 0 spiro atoms. The van der Waals surface area contributed by atoms with E-state index < -0.39 is 0 Å². The van der Waals surface area contributed by atoms with Crippen LogP contribution in [0, 0.1) is 11.7 Å². The van der Waals surface area contributed by atoms with Crippen LogP contribution in [0.25, 0.3) is 0 Å². The summed E-state index contributed by atoms with van der Waals surface area (Å²) in [4.78, 5) is 0. The molecule has 0 aliphatic heterocycles. The fourth-order valence-corrected chi connectivity index (χ4v) is 2.61. The fourth-order valence-electron chi connectivity index (χ4n) is 2.37. The summed E-state index contributed by atoms with van der Waals surface area (Å²) in [5.41, 5.74) is 0.646. The lowest BCUT2D eigenvalue weighted by molar-refractivity contribution is 0.429. The van der Waals surface area contributed by atoms with Crippen LogP contribution in [0.2, 0.25) is 5.02 Å². The zero-order chi connectivity index (χ0) is 15.0. The number of nitrogens with one attached hydrogen (secondary N) is 1. The lowest BCUT2D eigenvalue weighted by Gasteiger charge is -2.20. The first-order chi connectivity index (χ1) is 9.54. The van der Waals surface area contributed by atoms with Crippen molar-refractivity contribution in [1.82, 2.24) is 5.32 Å². The highest BCUT2D eigenvalue weighted by Gasteiger charge is 2.14. The van der Waals surface area contributed by atoms with Gasteiger partial charge in [0.1, 0.15) is 5.82 Å². The second-order valence-corrected chi connectivity index (χ2v) is 6.29. The van der Waals surface area contributed by atoms with Gasteiger partial charge in [-0.25, -0.2) is 4.39 Å². The van der Waals surface area contributed by atoms with Gasteiger partial charge in [0.2, 0.25) is 0 Å². The minimum absolute atomic E-state index is 0.190. The predicted molar refractivity (Wildman–Crippen MR) is 85.9 cm³/mol. The van der Waals surface area contributed by atoms with Crippen LogP contribution < -0.4 is 5.32 Å². The van der Waals surface area contributed by atoms with Gasteiger partial charge in [0.05, 0.1) is 0 Å². The van der Waals surface area contributed by atoms with E-state index in [1.165, 1.54) is 18.9 Å². The highest BCUT2D eigenvalue weighted by Crippen LogP contribution is 2.22. The van der Waals surface area contributed by atoms with Gasteiger partial charge in [0, 0.05) is 16.6 Å². The third kappa shape index (κ3) is 6.23. The summed E-state index contributed by atoms with van der Waals surface area (Å²) in [6.45, 7) is 7.59. The van der Waals surface area contributed by atoms with Crippen LogP contribution in [-0.2, 0) is 6.42 Å². The van der Waals surface area contributed by atoms with Gasteiger partial charge < -0.3 is 5.32 Å². The molecule has 114 valence electrons. The molecule has 1 atom stereocenters. The minimum atomic E-state index is -0.190. The van der Waals surface area contributed by atoms with E-state index >= 15 is 0 Å². The number of hydrogen-bond donors (Lipinski definition) is 1. The largest absolute Gasteiger partial charge is 0.314 e. The molecule has 0 heterocycles. The Labute approximate surface area is 127 Å². The number of hydrogen-bond acceptors (Lipinski definition) is 1. The Balaban J connectivity index is 2.63. The molecule has 1 rings (SSSR count). The average Bonchev–Trinajstić information content (AvgIpc) is 2.39. The average molecular weight is 300 g/mol. The Kier molecular flexibility index (Phi) is 8.16. The molecule has 0 fully saturated rings. The third-order valence-corrected chi connectivity index (χ3v) is 3.88. The van der Waals surface area contributed by atoms with Crippen LogP contribution in [0.5, 0.6) is 0 Å². The molecule has 1 N–H and O–H groups in total. The van der Waals surface area contributed by atoms with E-state index in [2.05, 4.69) is 26.1 Å². The van der Waals surface area contributed by atoms with Gasteiger partial charge in [-0.2, -0.15) is 0 Å². The zero-order valence-corrected chi connectivity index (χ0v) is 13.6. The van der Waals surface area contributed by atoms with E-state index in [1.54, 1.807) is 12.1 Å². The maximum Gasteiger partial charge on any atom is 0.127 e. The molecule has 0 radical (unpaired) electrons. The van der Waals surface area contributed by atoms with Gasteiger partial charge >= 0.3 is 0 Å². The molecule has 0 aliphatic rings. The molecule has 0 saturated carbocycles. The Morgan fingerprint density at radius 1 is 1.25 bits per heavy atom. The van der Waals surface area contributed by atoms with Crippen molar-refractivity contribution >= 4 is 11.6 Å². The second kappa shape index (κ2) is 9.36. The van der Waals surface area contributed by atoms with Gasteiger partial charge in [0.15, 0.2) is 0 Å². The van der Waals surface area contributed by atoms with Crippen LogP contribution in [0.1, 0.15) is 52.0 Å². The standard InChI is InChI=1S/C17H27ClFN/c1-4-11-20-14(8-5-7-13(2)3)12-15-16(18)9-6-10-17(15)19/h6,9-10,13-14,20H,4-5,7-8,11-12H2,1-3H3. The van der Waals surface area contributed by atoms with E-state index in [-0.39, 0.29) is 5.82 Å². The van der Waals surface area contributed by atoms with E-state index in [0.29, 0.717) is 23.0 Å². The van der Waals surface area contributed by atoms with Crippen molar-refractivity contribution in [2.45, 2.75) is 58.9 Å². The molecule has 0 bridgehead atoms. The van der Waals surface area contributed by atoms with Crippen molar-refractivity contribution < 1.29 is 4.39 Å². The summed E-state index contributed by atoms with van der Waals surface area (Å²) < 4.78 is 13.9. The van der Waals surface area contributed by atoms with E-state index in [1.807, 2.05) is 0 Å². The molecule has 0 amide bonds. The summed E-state index contributed by atoms with van der Waals surface area (Å²) in [5, 5.41) is 4.06. The van der Waals surface area contributed by atoms with E-state index in [0.717, 1.165) is 25.3 Å². The van der Waals surface area contributed by atoms with Crippen LogP contribution in [0.4, 0.5) is 4.39 Å². The molecular formula is C17H27ClFN. The van der Waals surface area contributed by atoms with Crippen LogP contribution >= 0.6 is 11.6 Å². The molecule has 1 aromatic carbocycles. The normalized spacial score (nSPS) is 12.9. The zero-order valence-electron chi connectivity index (χ0n) is 12.9. The first-order valence-electron chi connectivity index (χ1n) is 7.70. The lowest BCUT2D eigenvalue weighted by atomic mass is 9.97. The molecule has 3 heteroatoms. The quantitative estimate of drug-likeness (QED) is 0.659. The van der Waals surface area contributed by atoms with Crippen molar-refractivity contribution in [3.05, 3.63) is 34.6 Å². The predicted octanol–water partition coefficient (Wildman–Crippen LogP) is 5.22. The van der Waals surface area contributed by atoms with Crippen molar-refractivity contribution in [3.63, 3.8) is 0 Å². The Morgan fingerprint density at radius 2 is 2.00 bits per heavy atom. The summed E-state index contributed by atoms with van der Waals surface area (Å²) >= 11 is 6.12. The summed E-state index contributed by atoms with van der Waals surface area (Å²) in [7, 11) is 0. The molecule has 0 saturated heterocycles. The molecule has 1 aromatic rings. The number of halogens is 2. The van der Waals surface area contributed by atoms with Crippen molar-refractivity contribution in [2.75, 3.05) is 6.54 Å². The molecule has 0 aromatic heterocycles. The molecule has 20 heavy (non-hydrogen) atoms. The topological polar surface area (TPSA) is 12.0 Å². The molecule has 1 unspecified atom stereocenters. The molecular weight excluding hydrogens is 273 g/mol. The van der Waals surface area contributed by atoms with Crippen LogP contribution in [0.3, 0.4) is 0 Å². The summed E-state index contributed by atoms with van der Waals surface area (Å²) in [5.74, 6) is 0.531. The van der Waals surface area contributed by atoms with Crippen molar-refractivity contribution in [3.8, 4) is 0 Å². The monoisotopic (exact) mass is 299 g/mol. The minimum Gasteiger partial charge on any atom is -0.314 e. The maximum absolute atomic E-state index is 13.9. The first kappa shape index (κ1) is 17.5. The van der Waals surface area contributed by atoms with Gasteiger partial charge in [-0.3, -0.25) is 0 Å². The first-order valence-corrected chi connectivity index (χ1v) is 8.08. The van der Waals surface area contributed by atoms with Gasteiger partial charge in [0.25, 0.3) is 0 Å². The maximum atomic E-state index is 13.9. The van der Waals surface area contributed by atoms with Crippen LogP contribution in [-0.4, -0.2) is 12.6 Å². The van der Waals surface area contributed by atoms with Gasteiger partial charge in [-0.15, -0.1) is 0 Å². The number of benzene rings is 1. The Hall–Kier alpha value is -0.600. The van der Waals surface area contributed by atoms with E-state index in [9.17, 15) is 4.39 Å². The molecule has 1 nitrogen and oxygen atoms in total.